The normalized spacial score (nSPS) is 10.3. The zero-order valence-electron chi connectivity index (χ0n) is 16.3. The topological polar surface area (TPSA) is 81.0 Å². The van der Waals surface area contributed by atoms with Gasteiger partial charge in [0, 0.05) is 17.8 Å². The molecule has 0 aliphatic carbocycles. The minimum absolute atomic E-state index is 0.102. The van der Waals surface area contributed by atoms with Crippen molar-refractivity contribution in [1.29, 1.82) is 0 Å². The van der Waals surface area contributed by atoms with Gasteiger partial charge in [-0.1, -0.05) is 11.6 Å². The summed E-state index contributed by atoms with van der Waals surface area (Å²) >= 11 is 5.83. The van der Waals surface area contributed by atoms with Crippen LogP contribution in [0.1, 0.15) is 10.6 Å². The Morgan fingerprint density at radius 2 is 1.67 bits per heavy atom. The van der Waals surface area contributed by atoms with E-state index in [1.165, 1.54) is 11.2 Å². The number of carbonyl (C=O) groups excluding carboxylic acids is 2. The van der Waals surface area contributed by atoms with Gasteiger partial charge in [0.05, 0.1) is 12.8 Å². The molecule has 8 heteroatoms. The maximum absolute atomic E-state index is 12.2. The van der Waals surface area contributed by atoms with Crippen LogP contribution in [0.15, 0.2) is 71.3 Å². The molecule has 0 spiro atoms. The molecule has 156 valence electrons. The molecule has 0 fully saturated rings. The Balaban J connectivity index is 1.39. The van der Waals surface area contributed by atoms with Crippen molar-refractivity contribution in [2.24, 2.45) is 0 Å². The molecule has 2 aromatic carbocycles. The maximum atomic E-state index is 12.2. The molecule has 1 heterocycles. The zero-order valence-corrected chi connectivity index (χ0v) is 17.1. The Morgan fingerprint density at radius 3 is 2.33 bits per heavy atom. The molecule has 3 aromatic rings. The molecule has 0 aliphatic heterocycles. The molecular weight excluding hydrogens is 408 g/mol. The molecule has 3 rings (SSSR count). The van der Waals surface area contributed by atoms with Crippen LogP contribution in [0.2, 0.25) is 5.02 Å². The molecule has 0 atom stereocenters. The number of carbonyl (C=O) groups is 2. The highest BCUT2D eigenvalue weighted by Crippen LogP contribution is 2.17. The van der Waals surface area contributed by atoms with E-state index in [1.54, 1.807) is 67.7 Å². The molecular formula is C22H21ClN2O5. The van der Waals surface area contributed by atoms with Crippen LogP contribution in [-0.2, 0) is 4.79 Å². The predicted octanol–water partition coefficient (Wildman–Crippen LogP) is 4.10. The van der Waals surface area contributed by atoms with Crippen molar-refractivity contribution in [1.82, 2.24) is 4.90 Å². The van der Waals surface area contributed by atoms with Crippen molar-refractivity contribution in [2.45, 2.75) is 0 Å². The number of hydrogen-bond donors (Lipinski definition) is 1. The van der Waals surface area contributed by atoms with Crippen molar-refractivity contribution in [3.05, 3.63) is 77.7 Å². The van der Waals surface area contributed by atoms with Gasteiger partial charge in [-0.05, 0) is 60.7 Å². The van der Waals surface area contributed by atoms with Gasteiger partial charge in [0.1, 0.15) is 18.1 Å². The van der Waals surface area contributed by atoms with E-state index in [9.17, 15) is 9.59 Å². The second-order valence-electron chi connectivity index (χ2n) is 6.36. The summed E-state index contributed by atoms with van der Waals surface area (Å²) < 4.78 is 16.1. The van der Waals surface area contributed by atoms with E-state index < -0.39 is 0 Å². The standard InChI is InChI=1S/C22H21ClN2O5/c1-25(12-14-28-18-8-4-16(23)5-9-18)21(26)15-30-19-10-6-17(7-11-19)24-22(27)20-3-2-13-29-20/h2-11,13H,12,14-15H2,1H3,(H,24,27). The summed E-state index contributed by atoms with van der Waals surface area (Å²) in [5.74, 6) is 0.918. The Hall–Kier alpha value is -3.45. The van der Waals surface area contributed by atoms with Crippen LogP contribution < -0.4 is 14.8 Å². The molecule has 1 N–H and O–H groups in total. The summed E-state index contributed by atoms with van der Waals surface area (Å²) in [6.45, 7) is 0.673. The number of anilines is 1. The largest absolute Gasteiger partial charge is 0.492 e. The first kappa shape index (κ1) is 21.3. The molecule has 0 bridgehead atoms. The number of benzene rings is 2. The van der Waals surface area contributed by atoms with Crippen LogP contribution in [0.25, 0.3) is 0 Å². The minimum atomic E-state index is -0.341. The number of nitrogens with one attached hydrogen (secondary N) is 1. The van der Waals surface area contributed by atoms with Gasteiger partial charge in [0.2, 0.25) is 0 Å². The van der Waals surface area contributed by atoms with Gasteiger partial charge in [-0.25, -0.2) is 0 Å². The summed E-state index contributed by atoms with van der Waals surface area (Å²) in [5.41, 5.74) is 0.589. The monoisotopic (exact) mass is 428 g/mol. The van der Waals surface area contributed by atoms with Crippen LogP contribution in [-0.4, -0.2) is 43.5 Å². The third-order valence-electron chi connectivity index (χ3n) is 4.15. The molecule has 0 radical (unpaired) electrons. The first-order valence-electron chi connectivity index (χ1n) is 9.21. The van der Waals surface area contributed by atoms with Crippen molar-refractivity contribution in [2.75, 3.05) is 32.1 Å². The fourth-order valence-electron chi connectivity index (χ4n) is 2.45. The average Bonchev–Trinajstić information content (AvgIpc) is 3.29. The number of rotatable bonds is 9. The average molecular weight is 429 g/mol. The number of nitrogens with zero attached hydrogens (tertiary/aromatic N) is 1. The van der Waals surface area contributed by atoms with E-state index in [0.717, 1.165) is 0 Å². The number of halogens is 1. The smallest absolute Gasteiger partial charge is 0.291 e. The van der Waals surface area contributed by atoms with Gasteiger partial charge >= 0.3 is 0 Å². The molecule has 0 saturated heterocycles. The fourth-order valence-corrected chi connectivity index (χ4v) is 2.57. The second-order valence-corrected chi connectivity index (χ2v) is 6.80. The lowest BCUT2D eigenvalue weighted by Gasteiger charge is -2.18. The molecule has 1 aromatic heterocycles. The maximum Gasteiger partial charge on any atom is 0.291 e. The van der Waals surface area contributed by atoms with Crippen LogP contribution in [0, 0.1) is 0 Å². The molecule has 2 amide bonds. The van der Waals surface area contributed by atoms with Gasteiger partial charge in [-0.3, -0.25) is 9.59 Å². The SMILES string of the molecule is CN(CCOc1ccc(Cl)cc1)C(=O)COc1ccc(NC(=O)c2ccco2)cc1. The molecule has 0 unspecified atom stereocenters. The number of hydrogen-bond acceptors (Lipinski definition) is 5. The first-order chi connectivity index (χ1) is 14.5. The van der Waals surface area contributed by atoms with Gasteiger partial charge < -0.3 is 24.1 Å². The Bertz CT molecular complexity index is 956. The number of ether oxygens (including phenoxy) is 2. The van der Waals surface area contributed by atoms with Crippen LogP contribution >= 0.6 is 11.6 Å². The minimum Gasteiger partial charge on any atom is -0.492 e. The van der Waals surface area contributed by atoms with Gasteiger partial charge in [0.25, 0.3) is 11.8 Å². The Labute approximate surface area is 179 Å². The van der Waals surface area contributed by atoms with Crippen LogP contribution in [0.4, 0.5) is 5.69 Å². The summed E-state index contributed by atoms with van der Waals surface area (Å²) in [4.78, 5) is 25.7. The number of furan rings is 1. The summed E-state index contributed by atoms with van der Waals surface area (Å²) in [6, 6.07) is 17.0. The molecule has 0 saturated carbocycles. The van der Waals surface area contributed by atoms with Gasteiger partial charge in [0.15, 0.2) is 12.4 Å². The van der Waals surface area contributed by atoms with E-state index in [2.05, 4.69) is 5.32 Å². The molecule has 0 aliphatic rings. The summed E-state index contributed by atoms with van der Waals surface area (Å²) in [6.07, 6.45) is 1.43. The summed E-state index contributed by atoms with van der Waals surface area (Å²) in [5, 5.41) is 3.35. The van der Waals surface area contributed by atoms with Crippen molar-refractivity contribution in [3.63, 3.8) is 0 Å². The molecule has 30 heavy (non-hydrogen) atoms. The van der Waals surface area contributed by atoms with E-state index in [1.807, 2.05) is 0 Å². The number of amides is 2. The number of likely N-dealkylation sites (N-methyl/N-ethyl adjacent to an activating group) is 1. The first-order valence-corrected chi connectivity index (χ1v) is 9.59. The second kappa shape index (κ2) is 10.4. The van der Waals surface area contributed by atoms with Gasteiger partial charge in [-0.15, -0.1) is 0 Å². The highest BCUT2D eigenvalue weighted by atomic mass is 35.5. The lowest BCUT2D eigenvalue weighted by atomic mass is 10.3. The fraction of sp³-hybridized carbons (Fsp3) is 0.182. The van der Waals surface area contributed by atoms with Crippen LogP contribution in [0.5, 0.6) is 11.5 Å². The van der Waals surface area contributed by atoms with Crippen molar-refractivity contribution < 1.29 is 23.5 Å². The van der Waals surface area contributed by atoms with Gasteiger partial charge in [-0.2, -0.15) is 0 Å². The Morgan fingerprint density at radius 1 is 1.00 bits per heavy atom. The van der Waals surface area contributed by atoms with Crippen LogP contribution in [0.3, 0.4) is 0 Å². The lowest BCUT2D eigenvalue weighted by Crippen LogP contribution is -2.34. The lowest BCUT2D eigenvalue weighted by molar-refractivity contribution is -0.132. The summed E-state index contributed by atoms with van der Waals surface area (Å²) in [7, 11) is 1.68. The van der Waals surface area contributed by atoms with E-state index in [-0.39, 0.29) is 24.2 Å². The van der Waals surface area contributed by atoms with E-state index in [4.69, 9.17) is 25.5 Å². The quantitative estimate of drug-likeness (QED) is 0.555. The highest BCUT2D eigenvalue weighted by Gasteiger charge is 2.11. The predicted molar refractivity (Wildman–Crippen MR) is 113 cm³/mol. The van der Waals surface area contributed by atoms with Crippen molar-refractivity contribution in [3.8, 4) is 11.5 Å². The molecule has 7 nitrogen and oxygen atoms in total. The third-order valence-corrected chi connectivity index (χ3v) is 4.41. The van der Waals surface area contributed by atoms with E-state index in [0.29, 0.717) is 35.4 Å². The third kappa shape index (κ3) is 6.28. The zero-order chi connectivity index (χ0) is 21.3. The van der Waals surface area contributed by atoms with Crippen molar-refractivity contribution >= 4 is 29.1 Å². The van der Waals surface area contributed by atoms with E-state index >= 15 is 0 Å². The Kier molecular flexibility index (Phi) is 7.34. The highest BCUT2D eigenvalue weighted by molar-refractivity contribution is 6.30.